The number of aromatic nitrogens is 1. The predicted molar refractivity (Wildman–Crippen MR) is 229 cm³/mol. The molecule has 0 fully saturated rings. The molecule has 1 N–H and O–H groups in total. The molecule has 0 spiro atoms. The Morgan fingerprint density at radius 2 is 1.13 bits per heavy atom. The fourth-order valence-electron chi connectivity index (χ4n) is 8.44. The molecule has 0 saturated heterocycles. The van der Waals surface area contributed by atoms with Gasteiger partial charge in [-0.3, -0.25) is 4.98 Å². The Morgan fingerprint density at radius 3 is 1.95 bits per heavy atom. The van der Waals surface area contributed by atoms with Crippen LogP contribution in [0.4, 0.5) is 0 Å². The van der Waals surface area contributed by atoms with Crippen LogP contribution in [0.15, 0.2) is 193 Å². The summed E-state index contributed by atoms with van der Waals surface area (Å²) in [6, 6.07) is 61.3. The number of fused-ring (bicyclic) bond motifs is 4. The first-order chi connectivity index (χ1) is 27.0. The number of amidine groups is 1. The van der Waals surface area contributed by atoms with Gasteiger partial charge in [-0.15, -0.1) is 0 Å². The van der Waals surface area contributed by atoms with Crippen LogP contribution < -0.4 is 5.32 Å². The Labute approximate surface area is 322 Å². The number of aliphatic imine (C=N–C) groups is 1. The number of hydrogen-bond acceptors (Lipinski definition) is 3. The van der Waals surface area contributed by atoms with Crippen molar-refractivity contribution < 1.29 is 0 Å². The standard InChI is InChI=1S/C52H39N3/c1-52(2)47-15-6-5-13-45(47)46-29-28-41(31-48(46)52)34-16-22-38(23-17-34)49-32-50(39-24-18-35(19-25-39)42-11-8-30-53-33-42)55-51(54-49)40-26-20-37(21-27-40)44-14-7-10-36-9-3-4-12-43(36)44/h3-33,49H,1-2H3,(H,54,55). The third-order valence-electron chi connectivity index (χ3n) is 11.5. The molecule has 0 amide bonds. The summed E-state index contributed by atoms with van der Waals surface area (Å²) in [7, 11) is 0. The van der Waals surface area contributed by atoms with Gasteiger partial charge in [0.2, 0.25) is 0 Å². The Morgan fingerprint density at radius 1 is 0.491 bits per heavy atom. The maximum atomic E-state index is 5.24. The Hall–Kier alpha value is -6.84. The van der Waals surface area contributed by atoms with Gasteiger partial charge in [-0.05, 0) is 95.7 Å². The molecule has 8 aromatic rings. The number of nitrogens with one attached hydrogen (secondary N) is 1. The highest BCUT2D eigenvalue weighted by atomic mass is 15.0. The fourth-order valence-corrected chi connectivity index (χ4v) is 8.44. The molecule has 55 heavy (non-hydrogen) atoms. The van der Waals surface area contributed by atoms with Crippen molar-refractivity contribution in [2.75, 3.05) is 0 Å². The van der Waals surface area contributed by atoms with Crippen LogP contribution in [0.25, 0.3) is 61.0 Å². The molecule has 7 aromatic carbocycles. The first-order valence-electron chi connectivity index (χ1n) is 19.0. The minimum atomic E-state index is -0.0688. The lowest BCUT2D eigenvalue weighted by Gasteiger charge is -2.25. The van der Waals surface area contributed by atoms with Gasteiger partial charge in [0.1, 0.15) is 5.84 Å². The fraction of sp³-hybridized carbons (Fsp3) is 0.0769. The highest BCUT2D eigenvalue weighted by Crippen LogP contribution is 2.49. The predicted octanol–water partition coefficient (Wildman–Crippen LogP) is 12.7. The lowest BCUT2D eigenvalue weighted by atomic mass is 9.81. The summed E-state index contributed by atoms with van der Waals surface area (Å²) in [5.74, 6) is 0.854. The van der Waals surface area contributed by atoms with E-state index >= 15 is 0 Å². The minimum absolute atomic E-state index is 0.0336. The first-order valence-corrected chi connectivity index (χ1v) is 19.0. The lowest BCUT2D eigenvalue weighted by molar-refractivity contribution is 0.660. The zero-order valence-electron chi connectivity index (χ0n) is 30.9. The van der Waals surface area contributed by atoms with Crippen molar-refractivity contribution in [3.8, 4) is 44.5 Å². The monoisotopic (exact) mass is 705 g/mol. The maximum absolute atomic E-state index is 5.24. The molecular weight excluding hydrogens is 667 g/mol. The van der Waals surface area contributed by atoms with Crippen molar-refractivity contribution >= 4 is 22.3 Å². The molecule has 10 rings (SSSR count). The summed E-state index contributed by atoms with van der Waals surface area (Å²) < 4.78 is 0. The maximum Gasteiger partial charge on any atom is 0.134 e. The van der Waals surface area contributed by atoms with Crippen LogP contribution in [0.1, 0.15) is 47.7 Å². The van der Waals surface area contributed by atoms with Gasteiger partial charge in [0.15, 0.2) is 0 Å². The molecule has 0 saturated carbocycles. The van der Waals surface area contributed by atoms with Crippen LogP contribution >= 0.6 is 0 Å². The molecule has 1 unspecified atom stereocenters. The van der Waals surface area contributed by atoms with Gasteiger partial charge in [-0.25, -0.2) is 4.99 Å². The van der Waals surface area contributed by atoms with Crippen LogP contribution in [-0.2, 0) is 5.41 Å². The molecule has 1 aliphatic carbocycles. The topological polar surface area (TPSA) is 37.3 Å². The Balaban J connectivity index is 0.986. The number of nitrogens with zero attached hydrogens (tertiary/aromatic N) is 2. The summed E-state index contributed by atoms with van der Waals surface area (Å²) in [6.07, 6.45) is 5.96. The van der Waals surface area contributed by atoms with Gasteiger partial charge >= 0.3 is 0 Å². The van der Waals surface area contributed by atoms with Gasteiger partial charge < -0.3 is 5.32 Å². The van der Waals surface area contributed by atoms with E-state index in [0.29, 0.717) is 0 Å². The van der Waals surface area contributed by atoms with Crippen molar-refractivity contribution in [3.63, 3.8) is 0 Å². The van der Waals surface area contributed by atoms with Crippen LogP contribution in [-0.4, -0.2) is 10.8 Å². The van der Waals surface area contributed by atoms with E-state index in [4.69, 9.17) is 4.99 Å². The largest absolute Gasteiger partial charge is 0.359 e. The average molecular weight is 706 g/mol. The molecule has 0 bridgehead atoms. The molecule has 2 heterocycles. The van der Waals surface area contributed by atoms with E-state index in [1.807, 2.05) is 12.3 Å². The van der Waals surface area contributed by atoms with E-state index in [1.165, 1.54) is 60.8 Å². The highest BCUT2D eigenvalue weighted by Gasteiger charge is 2.35. The van der Waals surface area contributed by atoms with Crippen LogP contribution in [0, 0.1) is 0 Å². The number of rotatable bonds is 6. The van der Waals surface area contributed by atoms with Crippen LogP contribution in [0.5, 0.6) is 0 Å². The number of pyridine rings is 1. The summed E-state index contributed by atoms with van der Waals surface area (Å²) in [5.41, 5.74) is 16.8. The summed E-state index contributed by atoms with van der Waals surface area (Å²) in [6.45, 7) is 4.68. The zero-order valence-corrected chi connectivity index (χ0v) is 30.9. The average Bonchev–Trinajstić information content (AvgIpc) is 3.49. The molecular formula is C52H39N3. The Bertz CT molecular complexity index is 2770. The molecule has 3 nitrogen and oxygen atoms in total. The third-order valence-corrected chi connectivity index (χ3v) is 11.5. The second kappa shape index (κ2) is 13.2. The highest BCUT2D eigenvalue weighted by molar-refractivity contribution is 6.04. The van der Waals surface area contributed by atoms with Crippen LogP contribution in [0.2, 0.25) is 0 Å². The van der Waals surface area contributed by atoms with E-state index in [1.54, 1.807) is 6.20 Å². The van der Waals surface area contributed by atoms with Gasteiger partial charge in [-0.2, -0.15) is 0 Å². The van der Waals surface area contributed by atoms with Gasteiger partial charge in [0, 0.05) is 23.4 Å². The van der Waals surface area contributed by atoms with E-state index in [2.05, 4.69) is 194 Å². The molecule has 1 atom stereocenters. The first kappa shape index (κ1) is 32.8. The summed E-state index contributed by atoms with van der Waals surface area (Å²) in [5, 5.41) is 6.29. The van der Waals surface area contributed by atoms with E-state index in [0.717, 1.165) is 33.8 Å². The molecule has 1 aromatic heterocycles. The SMILES string of the molecule is CC1(C)c2ccccc2-c2ccc(-c3ccc(C4C=C(c5ccc(-c6cccnc6)cc5)N=C(c5ccc(-c6cccc7ccccc67)cc5)N4)cc3)cc21. The third kappa shape index (κ3) is 5.86. The zero-order chi connectivity index (χ0) is 36.9. The molecule has 0 radical (unpaired) electrons. The van der Waals surface area contributed by atoms with Crippen molar-refractivity contribution in [2.45, 2.75) is 25.3 Å². The van der Waals surface area contributed by atoms with Crippen molar-refractivity contribution in [2.24, 2.45) is 4.99 Å². The van der Waals surface area contributed by atoms with Crippen LogP contribution in [0.3, 0.4) is 0 Å². The lowest BCUT2D eigenvalue weighted by Crippen LogP contribution is -2.31. The second-order valence-corrected chi connectivity index (χ2v) is 15.1. The quantitative estimate of drug-likeness (QED) is 0.187. The molecule has 262 valence electrons. The smallest absolute Gasteiger partial charge is 0.134 e. The minimum Gasteiger partial charge on any atom is -0.359 e. The Kier molecular flexibility index (Phi) is 7.88. The van der Waals surface area contributed by atoms with E-state index in [9.17, 15) is 0 Å². The van der Waals surface area contributed by atoms with Gasteiger partial charge in [0.05, 0.1) is 11.7 Å². The number of hydrogen-bond donors (Lipinski definition) is 1. The van der Waals surface area contributed by atoms with Gasteiger partial charge in [-0.1, -0.05) is 172 Å². The van der Waals surface area contributed by atoms with E-state index in [-0.39, 0.29) is 11.5 Å². The van der Waals surface area contributed by atoms with Crippen molar-refractivity contribution in [3.05, 3.63) is 216 Å². The van der Waals surface area contributed by atoms with E-state index < -0.39 is 0 Å². The van der Waals surface area contributed by atoms with Gasteiger partial charge in [0.25, 0.3) is 0 Å². The molecule has 2 aliphatic rings. The normalized spacial score (nSPS) is 15.4. The number of benzene rings is 7. The second-order valence-electron chi connectivity index (χ2n) is 15.1. The summed E-state index contributed by atoms with van der Waals surface area (Å²) >= 11 is 0. The molecule has 1 aliphatic heterocycles. The van der Waals surface area contributed by atoms with Crippen molar-refractivity contribution in [1.82, 2.24) is 10.3 Å². The summed E-state index contributed by atoms with van der Waals surface area (Å²) in [4.78, 5) is 9.55. The molecule has 3 heteroatoms. The van der Waals surface area contributed by atoms with Crippen molar-refractivity contribution in [1.29, 1.82) is 0 Å².